The Hall–Kier alpha value is -3.00. The average molecular weight is 460 g/mol. The molecule has 2 N–H and O–H groups in total. The summed E-state index contributed by atoms with van der Waals surface area (Å²) in [5, 5.41) is 20.0. The Morgan fingerprint density at radius 2 is 1.97 bits per heavy atom. The first-order valence-corrected chi connectivity index (χ1v) is 12.3. The van der Waals surface area contributed by atoms with Gasteiger partial charge in [-0.05, 0) is 54.2 Å². The van der Waals surface area contributed by atoms with E-state index in [4.69, 9.17) is 4.74 Å². The van der Waals surface area contributed by atoms with Crippen LogP contribution >= 0.6 is 11.3 Å². The molecule has 0 unspecified atom stereocenters. The summed E-state index contributed by atoms with van der Waals surface area (Å²) in [4.78, 5) is 3.64. The molecule has 1 saturated heterocycles. The number of fused-ring (bicyclic) bond motifs is 1. The lowest BCUT2D eigenvalue weighted by Crippen LogP contribution is -2.36. The van der Waals surface area contributed by atoms with E-state index in [9.17, 15) is 0 Å². The molecule has 2 aromatic carbocycles. The predicted molar refractivity (Wildman–Crippen MR) is 137 cm³/mol. The van der Waals surface area contributed by atoms with Crippen molar-refractivity contribution in [3.63, 3.8) is 0 Å². The van der Waals surface area contributed by atoms with Gasteiger partial charge in [0.2, 0.25) is 0 Å². The van der Waals surface area contributed by atoms with Crippen molar-refractivity contribution in [3.8, 4) is 11.1 Å². The van der Waals surface area contributed by atoms with Crippen LogP contribution in [0, 0.1) is 0 Å². The van der Waals surface area contributed by atoms with Gasteiger partial charge in [0.15, 0.2) is 5.82 Å². The molecule has 3 heterocycles. The van der Waals surface area contributed by atoms with Crippen LogP contribution in [-0.2, 0) is 11.3 Å². The number of anilines is 2. The molecule has 0 aliphatic carbocycles. The van der Waals surface area contributed by atoms with E-state index in [1.807, 2.05) is 13.2 Å². The highest BCUT2D eigenvalue weighted by Gasteiger charge is 2.16. The molecule has 33 heavy (non-hydrogen) atoms. The molecule has 4 aromatic rings. The molecule has 1 atom stereocenters. The van der Waals surface area contributed by atoms with Crippen LogP contribution in [0.3, 0.4) is 0 Å². The van der Waals surface area contributed by atoms with Gasteiger partial charge in [-0.1, -0.05) is 30.3 Å². The number of rotatable bonds is 7. The number of morpholine rings is 1. The normalized spacial score (nSPS) is 15.0. The number of hydrogen-bond acceptors (Lipinski definition) is 7. The van der Waals surface area contributed by atoms with Crippen LogP contribution in [-0.4, -0.2) is 43.5 Å². The van der Waals surface area contributed by atoms with Crippen LogP contribution in [0.4, 0.5) is 11.5 Å². The van der Waals surface area contributed by atoms with Gasteiger partial charge in [0.05, 0.1) is 25.5 Å². The molecule has 0 amide bonds. The smallest absolute Gasteiger partial charge is 0.157 e. The molecule has 6 nitrogen and oxygen atoms in total. The van der Waals surface area contributed by atoms with Crippen molar-refractivity contribution in [3.05, 3.63) is 70.5 Å². The second kappa shape index (κ2) is 9.87. The van der Waals surface area contributed by atoms with E-state index >= 15 is 0 Å². The van der Waals surface area contributed by atoms with Crippen LogP contribution in [0.25, 0.3) is 21.9 Å². The summed E-state index contributed by atoms with van der Waals surface area (Å²) in [6.45, 7) is 6.40. The van der Waals surface area contributed by atoms with Gasteiger partial charge in [-0.15, -0.1) is 16.4 Å². The summed E-state index contributed by atoms with van der Waals surface area (Å²) in [7, 11) is 1.98. The number of nitrogens with zero attached hydrogens (tertiary/aromatic N) is 3. The van der Waals surface area contributed by atoms with E-state index < -0.39 is 0 Å². The van der Waals surface area contributed by atoms with Crippen LogP contribution in [0.15, 0.2) is 60.1 Å². The molecule has 0 bridgehead atoms. The maximum Gasteiger partial charge on any atom is 0.157 e. The highest BCUT2D eigenvalue weighted by atomic mass is 32.1. The van der Waals surface area contributed by atoms with Gasteiger partial charge in [0.25, 0.3) is 0 Å². The third kappa shape index (κ3) is 4.71. The topological polar surface area (TPSA) is 62.3 Å². The summed E-state index contributed by atoms with van der Waals surface area (Å²) in [6, 6.07) is 17.5. The fourth-order valence-corrected chi connectivity index (χ4v) is 5.25. The minimum atomic E-state index is 0.118. The lowest BCUT2D eigenvalue weighted by atomic mass is 10.0. The Labute approximate surface area is 198 Å². The Kier molecular flexibility index (Phi) is 6.53. The van der Waals surface area contributed by atoms with E-state index in [1.54, 1.807) is 11.3 Å². The summed E-state index contributed by atoms with van der Waals surface area (Å²) >= 11 is 1.78. The number of benzene rings is 2. The minimum Gasteiger partial charge on any atom is -0.378 e. The third-order valence-electron chi connectivity index (χ3n) is 6.12. The summed E-state index contributed by atoms with van der Waals surface area (Å²) in [6.07, 6.45) is 1.83. The molecule has 1 aliphatic heterocycles. The number of aromatic nitrogens is 2. The third-order valence-corrected chi connectivity index (χ3v) is 7.23. The molecular formula is C26H29N5OS. The van der Waals surface area contributed by atoms with Crippen molar-refractivity contribution in [2.24, 2.45) is 0 Å². The zero-order chi connectivity index (χ0) is 22.6. The monoisotopic (exact) mass is 459 g/mol. The van der Waals surface area contributed by atoms with Crippen LogP contribution in [0.2, 0.25) is 0 Å². The molecule has 1 aliphatic rings. The molecule has 7 heteroatoms. The van der Waals surface area contributed by atoms with Gasteiger partial charge >= 0.3 is 0 Å². The van der Waals surface area contributed by atoms with Crippen molar-refractivity contribution >= 4 is 33.6 Å². The van der Waals surface area contributed by atoms with E-state index in [-0.39, 0.29) is 6.04 Å². The number of ether oxygens (including phenoxy) is 1. The zero-order valence-electron chi connectivity index (χ0n) is 19.0. The number of thiophene rings is 1. The molecule has 0 spiro atoms. The molecule has 0 radical (unpaired) electrons. The maximum absolute atomic E-state index is 5.51. The van der Waals surface area contributed by atoms with Gasteiger partial charge in [-0.2, -0.15) is 5.10 Å². The quantitative estimate of drug-likeness (QED) is 0.402. The average Bonchev–Trinajstić information content (AvgIpc) is 3.35. The van der Waals surface area contributed by atoms with Crippen LogP contribution in [0.5, 0.6) is 0 Å². The fourth-order valence-electron chi connectivity index (χ4n) is 4.33. The van der Waals surface area contributed by atoms with Crippen LogP contribution < -0.4 is 15.5 Å². The second-order valence-corrected chi connectivity index (χ2v) is 9.30. The molecule has 1 fully saturated rings. The van der Waals surface area contributed by atoms with Crippen molar-refractivity contribution in [1.82, 2.24) is 15.5 Å². The standard InChI is InChI=1S/C26H29N5OS/c1-18(25-13-21(17-33-25)23-6-4-3-5-19(23)15-27-2)29-26-24-14-22(31-9-11-32-12-10-31)8-7-20(24)16-28-30-26/h3-8,13-14,16-18,27H,9-12,15H2,1-2H3,(H,29,30)/t18-/m1/s1. The van der Waals surface area contributed by atoms with Crippen molar-refractivity contribution in [1.29, 1.82) is 0 Å². The maximum atomic E-state index is 5.51. The largest absolute Gasteiger partial charge is 0.378 e. The SMILES string of the molecule is CNCc1ccccc1-c1csc([C@@H](C)Nc2nncc3ccc(N4CCOCC4)cc23)c1. The molecule has 170 valence electrons. The van der Waals surface area contributed by atoms with E-state index in [0.29, 0.717) is 0 Å². The van der Waals surface area contributed by atoms with Gasteiger partial charge in [0, 0.05) is 41.0 Å². The van der Waals surface area contributed by atoms with Crippen molar-refractivity contribution < 1.29 is 4.74 Å². The van der Waals surface area contributed by atoms with Gasteiger partial charge < -0.3 is 20.3 Å². The highest BCUT2D eigenvalue weighted by Crippen LogP contribution is 2.34. The second-order valence-electron chi connectivity index (χ2n) is 8.36. The molecule has 5 rings (SSSR count). The zero-order valence-corrected chi connectivity index (χ0v) is 19.9. The lowest BCUT2D eigenvalue weighted by molar-refractivity contribution is 0.122. The Bertz CT molecular complexity index is 1230. The van der Waals surface area contributed by atoms with Gasteiger partial charge in [-0.25, -0.2) is 0 Å². The number of nitrogens with one attached hydrogen (secondary N) is 2. The highest BCUT2D eigenvalue weighted by molar-refractivity contribution is 7.10. The first-order valence-electron chi connectivity index (χ1n) is 11.4. The Morgan fingerprint density at radius 1 is 1.12 bits per heavy atom. The molecule has 0 saturated carbocycles. The van der Waals surface area contributed by atoms with Gasteiger partial charge in [-0.3, -0.25) is 0 Å². The Morgan fingerprint density at radius 3 is 2.82 bits per heavy atom. The summed E-state index contributed by atoms with van der Waals surface area (Å²) < 4.78 is 5.51. The Balaban J connectivity index is 1.40. The van der Waals surface area contributed by atoms with E-state index in [2.05, 4.69) is 86.6 Å². The minimum absolute atomic E-state index is 0.118. The molecule has 2 aromatic heterocycles. The van der Waals surface area contributed by atoms with Crippen molar-refractivity contribution in [2.45, 2.75) is 19.5 Å². The predicted octanol–water partition coefficient (Wildman–Crippen LogP) is 5.09. The van der Waals surface area contributed by atoms with Gasteiger partial charge in [0.1, 0.15) is 0 Å². The first kappa shape index (κ1) is 21.8. The lowest BCUT2D eigenvalue weighted by Gasteiger charge is -2.29. The fraction of sp³-hybridized carbons (Fsp3) is 0.308. The number of hydrogen-bond donors (Lipinski definition) is 2. The summed E-state index contributed by atoms with van der Waals surface area (Å²) in [5.41, 5.74) is 5.05. The molecular weight excluding hydrogens is 430 g/mol. The van der Waals surface area contributed by atoms with E-state index in [1.165, 1.54) is 27.3 Å². The van der Waals surface area contributed by atoms with E-state index in [0.717, 1.165) is 49.4 Å². The van der Waals surface area contributed by atoms with Crippen LogP contribution in [0.1, 0.15) is 23.4 Å². The first-order chi connectivity index (χ1) is 16.2. The van der Waals surface area contributed by atoms with Crippen molar-refractivity contribution in [2.75, 3.05) is 43.6 Å². The summed E-state index contributed by atoms with van der Waals surface area (Å²) in [5.74, 6) is 0.820.